The highest BCUT2D eigenvalue weighted by molar-refractivity contribution is 7.92. The zero-order chi connectivity index (χ0) is 29.3. The molecule has 0 bridgehead atoms. The summed E-state index contributed by atoms with van der Waals surface area (Å²) in [5.74, 6) is -0.836. The van der Waals surface area contributed by atoms with E-state index in [0.717, 1.165) is 34.5 Å². The maximum atomic E-state index is 14.1. The Kier molecular flexibility index (Phi) is 11.4. The number of sulfonamides is 1. The van der Waals surface area contributed by atoms with Crippen molar-refractivity contribution in [1.82, 2.24) is 10.2 Å². The molecule has 0 unspecified atom stereocenters. The van der Waals surface area contributed by atoms with E-state index >= 15 is 0 Å². The Morgan fingerprint density at radius 3 is 2.27 bits per heavy atom. The Morgan fingerprint density at radius 1 is 0.925 bits per heavy atom. The van der Waals surface area contributed by atoms with E-state index in [2.05, 4.69) is 5.32 Å². The fourth-order valence-electron chi connectivity index (χ4n) is 4.29. The molecular formula is C30H35Cl2N3O4S. The number of nitrogens with zero attached hydrogens (tertiary/aromatic N) is 2. The van der Waals surface area contributed by atoms with E-state index < -0.39 is 28.5 Å². The van der Waals surface area contributed by atoms with Gasteiger partial charge in [0, 0.05) is 19.5 Å². The summed E-state index contributed by atoms with van der Waals surface area (Å²) >= 11 is 12.4. The number of hydrogen-bond acceptors (Lipinski definition) is 4. The van der Waals surface area contributed by atoms with Crippen molar-refractivity contribution < 1.29 is 18.0 Å². The highest BCUT2D eigenvalue weighted by Crippen LogP contribution is 2.25. The van der Waals surface area contributed by atoms with Crippen molar-refractivity contribution in [3.05, 3.63) is 99.5 Å². The normalized spacial score (nSPS) is 12.0. The Labute approximate surface area is 247 Å². The lowest BCUT2D eigenvalue weighted by Gasteiger charge is -2.33. The first-order valence-corrected chi connectivity index (χ1v) is 15.7. The molecule has 3 aromatic rings. The Bertz CT molecular complexity index is 1420. The molecule has 0 heterocycles. The summed E-state index contributed by atoms with van der Waals surface area (Å²) in [7, 11) is -3.82. The SMILES string of the molecule is CCCCNC(=O)[C@H](Cc1ccccc1)N(Cc1ccc(Cl)c(Cl)c1)C(=O)CN(c1cccc(C)c1)S(C)(=O)=O. The maximum absolute atomic E-state index is 14.1. The van der Waals surface area contributed by atoms with Gasteiger partial charge in [-0.05, 0) is 54.3 Å². The third-order valence-electron chi connectivity index (χ3n) is 6.41. The molecule has 0 spiro atoms. The Balaban J connectivity index is 2.05. The topological polar surface area (TPSA) is 86.8 Å². The number of hydrogen-bond donors (Lipinski definition) is 1. The van der Waals surface area contributed by atoms with Crippen LogP contribution >= 0.6 is 23.2 Å². The number of amides is 2. The predicted molar refractivity (Wildman–Crippen MR) is 162 cm³/mol. The van der Waals surface area contributed by atoms with Gasteiger partial charge in [0.1, 0.15) is 12.6 Å². The van der Waals surface area contributed by atoms with E-state index in [0.29, 0.717) is 27.8 Å². The zero-order valence-corrected chi connectivity index (χ0v) is 25.3. The molecule has 0 saturated heterocycles. The number of carbonyl (C=O) groups is 2. The average molecular weight is 605 g/mol. The predicted octanol–water partition coefficient (Wildman–Crippen LogP) is 5.62. The molecule has 0 aromatic heterocycles. The number of unbranched alkanes of at least 4 members (excludes halogenated alkanes) is 1. The maximum Gasteiger partial charge on any atom is 0.244 e. The molecule has 2 amide bonds. The average Bonchev–Trinajstić information content (AvgIpc) is 2.91. The number of rotatable bonds is 13. The first-order valence-electron chi connectivity index (χ1n) is 13.1. The number of anilines is 1. The molecule has 3 aromatic carbocycles. The highest BCUT2D eigenvalue weighted by Gasteiger charge is 2.33. The number of carbonyl (C=O) groups excluding carboxylic acids is 2. The summed E-state index contributed by atoms with van der Waals surface area (Å²) in [6.07, 6.45) is 3.00. The van der Waals surface area contributed by atoms with Crippen LogP contribution in [-0.2, 0) is 32.6 Å². The lowest BCUT2D eigenvalue weighted by molar-refractivity contribution is -0.140. The Morgan fingerprint density at radius 2 is 1.65 bits per heavy atom. The van der Waals surface area contributed by atoms with Gasteiger partial charge in [0.2, 0.25) is 21.8 Å². The fraction of sp³-hybridized carbons (Fsp3) is 0.333. The fourth-order valence-corrected chi connectivity index (χ4v) is 5.45. The van der Waals surface area contributed by atoms with Crippen LogP contribution in [0.15, 0.2) is 72.8 Å². The summed E-state index contributed by atoms with van der Waals surface area (Å²) in [5.41, 5.74) is 2.74. The molecule has 3 rings (SSSR count). The lowest BCUT2D eigenvalue weighted by Crippen LogP contribution is -2.53. The van der Waals surface area contributed by atoms with Gasteiger partial charge >= 0.3 is 0 Å². The van der Waals surface area contributed by atoms with Gasteiger partial charge in [-0.2, -0.15) is 0 Å². The van der Waals surface area contributed by atoms with Crippen molar-refractivity contribution in [3.63, 3.8) is 0 Å². The molecule has 0 aliphatic carbocycles. The third-order valence-corrected chi connectivity index (χ3v) is 8.29. The lowest BCUT2D eigenvalue weighted by atomic mass is 10.0. The molecule has 0 aliphatic heterocycles. The number of benzene rings is 3. The molecule has 0 aliphatic rings. The molecule has 1 atom stereocenters. The summed E-state index contributed by atoms with van der Waals surface area (Å²) in [6.45, 7) is 3.89. The van der Waals surface area contributed by atoms with Gasteiger partial charge in [-0.1, -0.05) is 85.1 Å². The standard InChI is InChI=1S/C30H35Cl2N3O4S/c1-4-5-16-33-30(37)28(19-23-11-7-6-8-12-23)34(20-24-14-15-26(31)27(32)18-24)29(36)21-35(40(3,38)39)25-13-9-10-22(2)17-25/h6-15,17-18,28H,4-5,16,19-21H2,1-3H3,(H,33,37)/t28-/m0/s1. The van der Waals surface area contributed by atoms with Crippen LogP contribution in [-0.4, -0.2) is 50.5 Å². The molecule has 7 nitrogen and oxygen atoms in total. The quantitative estimate of drug-likeness (QED) is 0.257. The summed E-state index contributed by atoms with van der Waals surface area (Å²) < 4.78 is 26.8. The van der Waals surface area contributed by atoms with Crippen LogP contribution < -0.4 is 9.62 Å². The molecule has 40 heavy (non-hydrogen) atoms. The number of nitrogens with one attached hydrogen (secondary N) is 1. The second kappa shape index (κ2) is 14.5. The van der Waals surface area contributed by atoms with Crippen molar-refractivity contribution in [2.24, 2.45) is 0 Å². The van der Waals surface area contributed by atoms with Gasteiger partial charge in [0.05, 0.1) is 22.0 Å². The van der Waals surface area contributed by atoms with Gasteiger partial charge < -0.3 is 10.2 Å². The molecule has 0 fully saturated rings. The van der Waals surface area contributed by atoms with Gasteiger partial charge in [0.15, 0.2) is 0 Å². The first kappa shape index (κ1) is 31.5. The van der Waals surface area contributed by atoms with Crippen molar-refractivity contribution in [2.75, 3.05) is 23.7 Å². The van der Waals surface area contributed by atoms with E-state index in [1.807, 2.05) is 50.2 Å². The van der Waals surface area contributed by atoms with Crippen LogP contribution in [0.5, 0.6) is 0 Å². The molecular weight excluding hydrogens is 569 g/mol. The summed E-state index contributed by atoms with van der Waals surface area (Å²) in [4.78, 5) is 29.1. The minimum atomic E-state index is -3.82. The van der Waals surface area contributed by atoms with Crippen LogP contribution in [0.1, 0.15) is 36.5 Å². The van der Waals surface area contributed by atoms with Crippen LogP contribution in [0.25, 0.3) is 0 Å². The second-order valence-electron chi connectivity index (χ2n) is 9.73. The van der Waals surface area contributed by atoms with Crippen molar-refractivity contribution in [3.8, 4) is 0 Å². The second-order valence-corrected chi connectivity index (χ2v) is 12.5. The van der Waals surface area contributed by atoms with Crippen LogP contribution in [0.4, 0.5) is 5.69 Å². The number of halogens is 2. The highest BCUT2D eigenvalue weighted by atomic mass is 35.5. The third kappa shape index (κ3) is 8.98. The molecule has 214 valence electrons. The molecule has 1 N–H and O–H groups in total. The molecule has 10 heteroatoms. The zero-order valence-electron chi connectivity index (χ0n) is 22.9. The van der Waals surface area contributed by atoms with Crippen molar-refractivity contribution in [2.45, 2.75) is 45.7 Å². The summed E-state index contributed by atoms with van der Waals surface area (Å²) in [5, 5.41) is 3.64. The number of aryl methyl sites for hydroxylation is 1. The smallest absolute Gasteiger partial charge is 0.244 e. The van der Waals surface area contributed by atoms with Gasteiger partial charge in [0.25, 0.3) is 0 Å². The van der Waals surface area contributed by atoms with E-state index in [9.17, 15) is 18.0 Å². The largest absolute Gasteiger partial charge is 0.354 e. The first-order chi connectivity index (χ1) is 19.0. The van der Waals surface area contributed by atoms with Gasteiger partial charge in [-0.3, -0.25) is 13.9 Å². The Hall–Kier alpha value is -3.07. The van der Waals surface area contributed by atoms with E-state index in [4.69, 9.17) is 23.2 Å². The van der Waals surface area contributed by atoms with E-state index in [1.165, 1.54) is 4.90 Å². The van der Waals surface area contributed by atoms with Gasteiger partial charge in [-0.25, -0.2) is 8.42 Å². The van der Waals surface area contributed by atoms with Crippen LogP contribution in [0.2, 0.25) is 10.0 Å². The van der Waals surface area contributed by atoms with E-state index in [1.54, 1.807) is 36.4 Å². The van der Waals surface area contributed by atoms with Crippen LogP contribution in [0, 0.1) is 6.92 Å². The molecule has 0 saturated carbocycles. The van der Waals surface area contributed by atoms with E-state index in [-0.39, 0.29) is 18.9 Å². The van der Waals surface area contributed by atoms with Gasteiger partial charge in [-0.15, -0.1) is 0 Å². The van der Waals surface area contributed by atoms with Crippen molar-refractivity contribution in [1.29, 1.82) is 0 Å². The monoisotopic (exact) mass is 603 g/mol. The minimum Gasteiger partial charge on any atom is -0.354 e. The molecule has 0 radical (unpaired) electrons. The van der Waals surface area contributed by atoms with Crippen molar-refractivity contribution >= 4 is 50.7 Å². The minimum absolute atomic E-state index is 0.0276. The van der Waals surface area contributed by atoms with Crippen LogP contribution in [0.3, 0.4) is 0 Å². The summed E-state index contributed by atoms with van der Waals surface area (Å²) in [6, 6.07) is 20.4.